The molecular weight excluding hydrogens is 308 g/mol. The molecule has 2 heterocycles. The summed E-state index contributed by atoms with van der Waals surface area (Å²) in [4.78, 5) is 4.82. The van der Waals surface area contributed by atoms with E-state index in [1.807, 2.05) is 43.3 Å². The first-order valence-electron chi connectivity index (χ1n) is 7.55. The van der Waals surface area contributed by atoms with Crippen molar-refractivity contribution < 1.29 is 0 Å². The maximum absolute atomic E-state index is 6.27. The summed E-state index contributed by atoms with van der Waals surface area (Å²) in [5.74, 6) is 1.81. The second-order valence-corrected chi connectivity index (χ2v) is 5.94. The van der Waals surface area contributed by atoms with Crippen molar-refractivity contribution in [3.8, 4) is 5.69 Å². The molecule has 1 aromatic heterocycles. The predicted octanol–water partition coefficient (Wildman–Crippen LogP) is 3.62. The van der Waals surface area contributed by atoms with Gasteiger partial charge in [-0.2, -0.15) is 0 Å². The van der Waals surface area contributed by atoms with Gasteiger partial charge in [-0.15, -0.1) is 10.2 Å². The Morgan fingerprint density at radius 2 is 1.87 bits per heavy atom. The van der Waals surface area contributed by atoms with Gasteiger partial charge in [-0.1, -0.05) is 41.9 Å². The van der Waals surface area contributed by atoms with Crippen molar-refractivity contribution in [1.29, 1.82) is 0 Å². The molecule has 0 radical (unpaired) electrons. The number of benzene rings is 2. The lowest BCUT2D eigenvalue weighted by Gasteiger charge is -2.18. The Balaban J connectivity index is 2.00. The van der Waals surface area contributed by atoms with Crippen LogP contribution in [0.2, 0.25) is 5.02 Å². The summed E-state index contributed by atoms with van der Waals surface area (Å²) in [7, 11) is 0. The van der Waals surface area contributed by atoms with E-state index in [9.17, 15) is 0 Å². The van der Waals surface area contributed by atoms with Gasteiger partial charge >= 0.3 is 0 Å². The average Bonchev–Trinajstić information content (AvgIpc) is 2.91. The highest BCUT2D eigenvalue weighted by Gasteiger charge is 2.20. The van der Waals surface area contributed by atoms with E-state index in [2.05, 4.69) is 26.9 Å². The van der Waals surface area contributed by atoms with E-state index in [-0.39, 0.29) is 0 Å². The van der Waals surface area contributed by atoms with Gasteiger partial charge in [0.05, 0.1) is 11.4 Å². The highest BCUT2D eigenvalue weighted by molar-refractivity contribution is 6.31. The fraction of sp³-hybridized carbons (Fsp3) is 0.167. The lowest BCUT2D eigenvalue weighted by molar-refractivity contribution is 0.816. The molecule has 0 unspecified atom stereocenters. The minimum absolute atomic E-state index is 0.675. The minimum atomic E-state index is 0.675. The molecule has 114 valence electrons. The molecule has 1 aliphatic heterocycles. The molecule has 0 bridgehead atoms. The molecule has 5 heteroatoms. The fourth-order valence-corrected chi connectivity index (χ4v) is 3.14. The largest absolute Gasteiger partial charge is 0.284 e. The lowest BCUT2D eigenvalue weighted by atomic mass is 9.99. The molecule has 0 amide bonds. The van der Waals surface area contributed by atoms with Gasteiger partial charge in [-0.3, -0.25) is 9.56 Å². The van der Waals surface area contributed by atoms with Crippen LogP contribution in [0.5, 0.6) is 0 Å². The fourth-order valence-electron chi connectivity index (χ4n) is 2.97. The van der Waals surface area contributed by atoms with Gasteiger partial charge in [0.1, 0.15) is 11.6 Å². The monoisotopic (exact) mass is 322 g/mol. The normalized spacial score (nSPS) is 13.6. The molecule has 2 aromatic carbocycles. The summed E-state index contributed by atoms with van der Waals surface area (Å²) in [6.45, 7) is 2.64. The predicted molar refractivity (Wildman–Crippen MR) is 91.8 cm³/mol. The smallest absolute Gasteiger partial charge is 0.139 e. The molecule has 0 saturated heterocycles. The SMILES string of the molecule is Cc1nnc2n1-c1ccc(Cl)cc1C(c1ccccc1)=NCC2. The molecule has 3 aromatic rings. The van der Waals surface area contributed by atoms with E-state index < -0.39 is 0 Å². The Hall–Kier alpha value is -2.46. The highest BCUT2D eigenvalue weighted by atomic mass is 35.5. The van der Waals surface area contributed by atoms with Gasteiger partial charge in [-0.25, -0.2) is 0 Å². The Morgan fingerprint density at radius 3 is 2.70 bits per heavy atom. The van der Waals surface area contributed by atoms with E-state index in [1.165, 1.54) is 0 Å². The molecule has 0 saturated carbocycles. The summed E-state index contributed by atoms with van der Waals surface area (Å²) in [5.41, 5.74) is 4.08. The Morgan fingerprint density at radius 1 is 1.04 bits per heavy atom. The Labute approximate surface area is 139 Å². The summed E-state index contributed by atoms with van der Waals surface area (Å²) >= 11 is 6.27. The topological polar surface area (TPSA) is 43.1 Å². The Kier molecular flexibility index (Phi) is 3.46. The molecule has 0 N–H and O–H groups in total. The molecule has 1 aliphatic rings. The third kappa shape index (κ3) is 2.45. The summed E-state index contributed by atoms with van der Waals surface area (Å²) in [6, 6.07) is 16.1. The van der Waals surface area contributed by atoms with E-state index in [0.29, 0.717) is 11.6 Å². The third-order valence-corrected chi connectivity index (χ3v) is 4.23. The first kappa shape index (κ1) is 14.2. The molecule has 0 aliphatic carbocycles. The van der Waals surface area contributed by atoms with Gasteiger partial charge in [0.25, 0.3) is 0 Å². The second-order valence-electron chi connectivity index (χ2n) is 5.51. The van der Waals surface area contributed by atoms with E-state index in [1.54, 1.807) is 0 Å². The zero-order valence-corrected chi connectivity index (χ0v) is 13.5. The van der Waals surface area contributed by atoms with Crippen LogP contribution in [0.4, 0.5) is 0 Å². The van der Waals surface area contributed by atoms with Crippen LogP contribution >= 0.6 is 11.6 Å². The van der Waals surface area contributed by atoms with Gasteiger partial charge in [0.2, 0.25) is 0 Å². The van der Waals surface area contributed by atoms with Crippen LogP contribution in [-0.2, 0) is 6.42 Å². The number of aliphatic imine (C=N–C) groups is 1. The van der Waals surface area contributed by atoms with Crippen LogP contribution in [0, 0.1) is 6.92 Å². The van der Waals surface area contributed by atoms with Crippen LogP contribution in [0.1, 0.15) is 22.8 Å². The van der Waals surface area contributed by atoms with Gasteiger partial charge in [-0.05, 0) is 25.1 Å². The van der Waals surface area contributed by atoms with E-state index in [4.69, 9.17) is 16.6 Å². The number of hydrogen-bond acceptors (Lipinski definition) is 3. The number of aryl methyl sites for hydroxylation is 1. The molecule has 4 nitrogen and oxygen atoms in total. The maximum Gasteiger partial charge on any atom is 0.139 e. The van der Waals surface area contributed by atoms with Crippen molar-refractivity contribution in [1.82, 2.24) is 14.8 Å². The van der Waals surface area contributed by atoms with Gasteiger partial charge in [0.15, 0.2) is 0 Å². The third-order valence-electron chi connectivity index (χ3n) is 4.00. The number of nitrogens with zero attached hydrogens (tertiary/aromatic N) is 4. The van der Waals surface area contributed by atoms with E-state index >= 15 is 0 Å². The first-order valence-corrected chi connectivity index (χ1v) is 7.93. The zero-order chi connectivity index (χ0) is 15.8. The summed E-state index contributed by atoms with van der Waals surface area (Å²) in [6.07, 6.45) is 0.763. The first-order chi connectivity index (χ1) is 11.2. The summed E-state index contributed by atoms with van der Waals surface area (Å²) in [5, 5.41) is 9.21. The zero-order valence-electron chi connectivity index (χ0n) is 12.7. The van der Waals surface area contributed by atoms with Gasteiger partial charge in [0, 0.05) is 29.1 Å². The number of fused-ring (bicyclic) bond motifs is 3. The number of aromatic nitrogens is 3. The van der Waals surface area contributed by atoms with Crippen molar-refractivity contribution in [2.75, 3.05) is 6.54 Å². The van der Waals surface area contributed by atoms with Crippen LogP contribution < -0.4 is 0 Å². The molecule has 0 atom stereocenters. The summed E-state index contributed by atoms with van der Waals surface area (Å²) < 4.78 is 2.10. The Bertz CT molecular complexity index is 897. The maximum atomic E-state index is 6.27. The molecular formula is C18H15ClN4. The van der Waals surface area contributed by atoms with Crippen molar-refractivity contribution in [2.45, 2.75) is 13.3 Å². The standard InChI is InChI=1S/C18H15ClN4/c1-12-21-22-17-9-10-20-18(13-5-3-2-4-6-13)15-11-14(19)7-8-16(15)23(12)17/h2-8,11H,9-10H2,1H3. The van der Waals surface area contributed by atoms with Crippen molar-refractivity contribution in [3.63, 3.8) is 0 Å². The van der Waals surface area contributed by atoms with Crippen LogP contribution in [0.3, 0.4) is 0 Å². The molecule has 4 rings (SSSR count). The van der Waals surface area contributed by atoms with Crippen molar-refractivity contribution >= 4 is 17.3 Å². The average molecular weight is 323 g/mol. The van der Waals surface area contributed by atoms with Crippen molar-refractivity contribution in [2.24, 2.45) is 4.99 Å². The number of halogens is 1. The highest BCUT2D eigenvalue weighted by Crippen LogP contribution is 2.26. The number of rotatable bonds is 1. The molecule has 0 fully saturated rings. The van der Waals surface area contributed by atoms with Crippen LogP contribution in [0.15, 0.2) is 53.5 Å². The van der Waals surface area contributed by atoms with Crippen LogP contribution in [-0.4, -0.2) is 27.0 Å². The van der Waals surface area contributed by atoms with Crippen LogP contribution in [0.25, 0.3) is 5.69 Å². The van der Waals surface area contributed by atoms with E-state index in [0.717, 1.165) is 40.6 Å². The number of hydrogen-bond donors (Lipinski definition) is 0. The molecule has 23 heavy (non-hydrogen) atoms. The van der Waals surface area contributed by atoms with Gasteiger partial charge < -0.3 is 0 Å². The van der Waals surface area contributed by atoms with Crippen molar-refractivity contribution in [3.05, 3.63) is 76.3 Å². The molecule has 0 spiro atoms. The quantitative estimate of drug-likeness (QED) is 0.686. The second kappa shape index (κ2) is 5.63. The lowest BCUT2D eigenvalue weighted by Crippen LogP contribution is -2.16. The minimum Gasteiger partial charge on any atom is -0.284 e.